The van der Waals surface area contributed by atoms with Gasteiger partial charge in [0.2, 0.25) is 5.91 Å². The minimum atomic E-state index is -3.45. The van der Waals surface area contributed by atoms with E-state index in [1.807, 2.05) is 30.3 Å². The summed E-state index contributed by atoms with van der Waals surface area (Å²) < 4.78 is 25.3. The lowest BCUT2D eigenvalue weighted by molar-refractivity contribution is -0.130. The standard InChI is InChI=1S/C17H18BrNO3S/c1-19(13-14-5-3-2-4-6-14)17(20)11-12-23(21,22)16-9-7-15(18)8-10-16/h2-10H,11-13H2,1H3. The third-order valence-corrected chi connectivity index (χ3v) is 5.71. The quantitative estimate of drug-likeness (QED) is 0.753. The lowest BCUT2D eigenvalue weighted by Crippen LogP contribution is -2.28. The molecule has 0 N–H and O–H groups in total. The van der Waals surface area contributed by atoms with Gasteiger partial charge in [0, 0.05) is 24.5 Å². The number of hydrogen-bond donors (Lipinski definition) is 0. The van der Waals surface area contributed by atoms with E-state index in [-0.39, 0.29) is 23.0 Å². The topological polar surface area (TPSA) is 54.5 Å². The summed E-state index contributed by atoms with van der Waals surface area (Å²) in [6, 6.07) is 16.0. The van der Waals surface area contributed by atoms with E-state index in [4.69, 9.17) is 0 Å². The van der Waals surface area contributed by atoms with Crippen molar-refractivity contribution in [1.29, 1.82) is 0 Å². The maximum atomic E-state index is 12.2. The predicted molar refractivity (Wildman–Crippen MR) is 93.7 cm³/mol. The third kappa shape index (κ3) is 5.18. The first-order valence-electron chi connectivity index (χ1n) is 7.15. The summed E-state index contributed by atoms with van der Waals surface area (Å²) in [4.78, 5) is 13.9. The van der Waals surface area contributed by atoms with Gasteiger partial charge in [-0.3, -0.25) is 4.79 Å². The van der Waals surface area contributed by atoms with Gasteiger partial charge in [-0.15, -0.1) is 0 Å². The predicted octanol–water partition coefficient (Wildman–Crippen LogP) is 3.27. The molecule has 0 spiro atoms. The molecule has 4 nitrogen and oxygen atoms in total. The molecule has 1 amide bonds. The second-order valence-electron chi connectivity index (χ2n) is 5.26. The molecule has 0 radical (unpaired) electrons. The van der Waals surface area contributed by atoms with Crippen LogP contribution in [-0.4, -0.2) is 32.0 Å². The van der Waals surface area contributed by atoms with Gasteiger partial charge >= 0.3 is 0 Å². The molecule has 0 fully saturated rings. The van der Waals surface area contributed by atoms with E-state index in [9.17, 15) is 13.2 Å². The van der Waals surface area contributed by atoms with Gasteiger partial charge in [0.1, 0.15) is 0 Å². The lowest BCUT2D eigenvalue weighted by Gasteiger charge is -2.17. The molecule has 0 heterocycles. The average molecular weight is 396 g/mol. The number of halogens is 1. The van der Waals surface area contributed by atoms with Crippen LogP contribution >= 0.6 is 15.9 Å². The third-order valence-electron chi connectivity index (χ3n) is 3.45. The minimum Gasteiger partial charge on any atom is -0.341 e. The van der Waals surface area contributed by atoms with Crippen molar-refractivity contribution in [2.24, 2.45) is 0 Å². The Balaban J connectivity index is 1.94. The number of carbonyl (C=O) groups excluding carboxylic acids is 1. The Morgan fingerprint density at radius 3 is 2.26 bits per heavy atom. The normalized spacial score (nSPS) is 11.2. The molecule has 0 aliphatic carbocycles. The lowest BCUT2D eigenvalue weighted by atomic mass is 10.2. The highest BCUT2D eigenvalue weighted by Gasteiger charge is 2.18. The van der Waals surface area contributed by atoms with Gasteiger partial charge in [0.05, 0.1) is 10.6 Å². The van der Waals surface area contributed by atoms with Crippen LogP contribution in [0, 0.1) is 0 Å². The van der Waals surface area contributed by atoms with Crippen LogP contribution in [0.5, 0.6) is 0 Å². The fourth-order valence-corrected chi connectivity index (χ4v) is 3.61. The van der Waals surface area contributed by atoms with Crippen LogP contribution in [0.15, 0.2) is 64.0 Å². The Bertz CT molecular complexity index is 758. The SMILES string of the molecule is CN(Cc1ccccc1)C(=O)CCS(=O)(=O)c1ccc(Br)cc1. The molecule has 0 bridgehead atoms. The highest BCUT2D eigenvalue weighted by molar-refractivity contribution is 9.10. The number of nitrogens with zero attached hydrogens (tertiary/aromatic N) is 1. The second kappa shape index (κ2) is 7.75. The van der Waals surface area contributed by atoms with Gasteiger partial charge < -0.3 is 4.90 Å². The molecule has 2 aromatic rings. The van der Waals surface area contributed by atoms with E-state index in [0.29, 0.717) is 6.54 Å². The zero-order chi connectivity index (χ0) is 16.9. The summed E-state index contributed by atoms with van der Waals surface area (Å²) in [5.41, 5.74) is 1.01. The van der Waals surface area contributed by atoms with Crippen molar-refractivity contribution in [2.45, 2.75) is 17.9 Å². The first-order valence-corrected chi connectivity index (χ1v) is 9.59. The van der Waals surface area contributed by atoms with Gasteiger partial charge in [0.15, 0.2) is 9.84 Å². The maximum Gasteiger partial charge on any atom is 0.223 e. The van der Waals surface area contributed by atoms with Gasteiger partial charge in [-0.05, 0) is 29.8 Å². The monoisotopic (exact) mass is 395 g/mol. The second-order valence-corrected chi connectivity index (χ2v) is 8.28. The van der Waals surface area contributed by atoms with Crippen LogP contribution in [0.3, 0.4) is 0 Å². The van der Waals surface area contributed by atoms with Crippen LogP contribution in [0.2, 0.25) is 0 Å². The summed E-state index contributed by atoms with van der Waals surface area (Å²) in [5, 5.41) is 0. The van der Waals surface area contributed by atoms with Gasteiger partial charge in [-0.25, -0.2) is 8.42 Å². The van der Waals surface area contributed by atoms with Gasteiger partial charge in [-0.2, -0.15) is 0 Å². The zero-order valence-electron chi connectivity index (χ0n) is 12.8. The van der Waals surface area contributed by atoms with Crippen molar-refractivity contribution in [1.82, 2.24) is 4.90 Å². The van der Waals surface area contributed by atoms with Crippen LogP contribution < -0.4 is 0 Å². The van der Waals surface area contributed by atoms with Crippen molar-refractivity contribution in [3.05, 3.63) is 64.6 Å². The highest BCUT2D eigenvalue weighted by atomic mass is 79.9. The Kier molecular flexibility index (Phi) is 5.96. The molecule has 122 valence electrons. The van der Waals surface area contributed by atoms with E-state index in [2.05, 4.69) is 15.9 Å². The number of sulfone groups is 1. The van der Waals surface area contributed by atoms with E-state index in [1.165, 1.54) is 12.1 Å². The van der Waals surface area contributed by atoms with Crippen molar-refractivity contribution in [3.63, 3.8) is 0 Å². The minimum absolute atomic E-state index is 0.0261. The molecule has 2 rings (SSSR count). The first-order chi connectivity index (χ1) is 10.9. The zero-order valence-corrected chi connectivity index (χ0v) is 15.2. The van der Waals surface area contributed by atoms with Crippen LogP contribution in [0.1, 0.15) is 12.0 Å². The van der Waals surface area contributed by atoms with E-state index < -0.39 is 9.84 Å². The molecule has 0 atom stereocenters. The molecule has 0 aliphatic heterocycles. The Morgan fingerprint density at radius 2 is 1.65 bits per heavy atom. The molecule has 23 heavy (non-hydrogen) atoms. The molecule has 0 aliphatic rings. The highest BCUT2D eigenvalue weighted by Crippen LogP contribution is 2.17. The number of rotatable bonds is 6. The Labute approximate surface area is 145 Å². The number of carbonyl (C=O) groups is 1. The van der Waals surface area contributed by atoms with Crippen LogP contribution in [0.25, 0.3) is 0 Å². The van der Waals surface area contributed by atoms with Crippen molar-refractivity contribution < 1.29 is 13.2 Å². The van der Waals surface area contributed by atoms with E-state index in [0.717, 1.165) is 10.0 Å². The van der Waals surface area contributed by atoms with Gasteiger partial charge in [-0.1, -0.05) is 46.3 Å². The molecule has 0 unspecified atom stereocenters. The van der Waals surface area contributed by atoms with Crippen LogP contribution in [-0.2, 0) is 21.2 Å². The number of amides is 1. The average Bonchev–Trinajstić information content (AvgIpc) is 2.54. The first kappa shape index (κ1) is 17.7. The number of benzene rings is 2. The Hall–Kier alpha value is -1.66. The van der Waals surface area contributed by atoms with Gasteiger partial charge in [0.25, 0.3) is 0 Å². The molecule has 6 heteroatoms. The molecular formula is C17H18BrNO3S. The molecule has 0 saturated heterocycles. The molecule has 0 aromatic heterocycles. The largest absolute Gasteiger partial charge is 0.341 e. The summed E-state index contributed by atoms with van der Waals surface area (Å²) in [7, 11) is -1.76. The summed E-state index contributed by atoms with van der Waals surface area (Å²) >= 11 is 3.27. The van der Waals surface area contributed by atoms with Crippen molar-refractivity contribution in [3.8, 4) is 0 Å². The van der Waals surface area contributed by atoms with E-state index >= 15 is 0 Å². The number of hydrogen-bond acceptors (Lipinski definition) is 3. The smallest absolute Gasteiger partial charge is 0.223 e. The van der Waals surface area contributed by atoms with Crippen molar-refractivity contribution in [2.75, 3.05) is 12.8 Å². The fraction of sp³-hybridized carbons (Fsp3) is 0.235. The Morgan fingerprint density at radius 1 is 1.04 bits per heavy atom. The molecule has 2 aromatic carbocycles. The fourth-order valence-electron chi connectivity index (χ4n) is 2.12. The summed E-state index contributed by atoms with van der Waals surface area (Å²) in [6.45, 7) is 0.470. The maximum absolute atomic E-state index is 12.2. The molecule has 0 saturated carbocycles. The van der Waals surface area contributed by atoms with E-state index in [1.54, 1.807) is 24.1 Å². The molecular weight excluding hydrogens is 378 g/mol. The summed E-state index contributed by atoms with van der Waals surface area (Å²) in [6.07, 6.45) is -0.0261. The van der Waals surface area contributed by atoms with Crippen LogP contribution in [0.4, 0.5) is 0 Å². The summed E-state index contributed by atoms with van der Waals surface area (Å²) in [5.74, 6) is -0.374. The van der Waals surface area contributed by atoms with Crippen molar-refractivity contribution >= 4 is 31.7 Å².